The van der Waals surface area contributed by atoms with Crippen molar-refractivity contribution in [3.8, 4) is 12.3 Å². The minimum absolute atomic E-state index is 0.103. The molecule has 80 valence electrons. The summed E-state index contributed by atoms with van der Waals surface area (Å²) >= 11 is 3.00. The summed E-state index contributed by atoms with van der Waals surface area (Å²) in [4.78, 5) is 0. The van der Waals surface area contributed by atoms with E-state index in [-0.39, 0.29) is 5.56 Å². The van der Waals surface area contributed by atoms with Crippen LogP contribution in [0.5, 0.6) is 0 Å². The number of terminal acetylenes is 1. The molecule has 0 bridgehead atoms. The van der Waals surface area contributed by atoms with Gasteiger partial charge in [-0.2, -0.15) is 0 Å². The summed E-state index contributed by atoms with van der Waals surface area (Å²) < 4.78 is 27.1. The molecule has 0 aromatic heterocycles. The van der Waals surface area contributed by atoms with Crippen molar-refractivity contribution in [3.05, 3.63) is 33.8 Å². The van der Waals surface area contributed by atoms with Crippen molar-refractivity contribution in [1.82, 2.24) is 0 Å². The molecular weight excluding hydrogens is 264 g/mol. The quantitative estimate of drug-likeness (QED) is 0.842. The fourth-order valence-corrected chi connectivity index (χ4v) is 1.69. The Bertz CT molecular complexity index is 375. The summed E-state index contributed by atoms with van der Waals surface area (Å²) in [7, 11) is 0. The second-order valence-corrected chi connectivity index (χ2v) is 4.05. The zero-order valence-electron chi connectivity index (χ0n) is 7.93. The molecular formula is C11H10BrF2N. The van der Waals surface area contributed by atoms with Gasteiger partial charge in [0.1, 0.15) is 11.6 Å². The van der Waals surface area contributed by atoms with Crippen LogP contribution in [0.2, 0.25) is 0 Å². The Morgan fingerprint density at radius 3 is 2.40 bits per heavy atom. The van der Waals surface area contributed by atoms with E-state index in [2.05, 4.69) is 21.9 Å². The molecule has 0 saturated carbocycles. The van der Waals surface area contributed by atoms with Gasteiger partial charge in [-0.25, -0.2) is 8.78 Å². The smallest absolute Gasteiger partial charge is 0.132 e. The van der Waals surface area contributed by atoms with Gasteiger partial charge in [-0.05, 0) is 18.6 Å². The molecule has 0 heterocycles. The molecule has 2 N–H and O–H groups in total. The molecule has 1 nitrogen and oxygen atoms in total. The Kier molecular flexibility index (Phi) is 4.25. The molecule has 0 aliphatic carbocycles. The van der Waals surface area contributed by atoms with E-state index < -0.39 is 17.7 Å². The van der Waals surface area contributed by atoms with E-state index in [4.69, 9.17) is 12.2 Å². The van der Waals surface area contributed by atoms with Crippen molar-refractivity contribution in [3.63, 3.8) is 0 Å². The minimum Gasteiger partial charge on any atom is -0.324 e. The number of hydrogen-bond acceptors (Lipinski definition) is 1. The lowest BCUT2D eigenvalue weighted by Crippen LogP contribution is -2.14. The summed E-state index contributed by atoms with van der Waals surface area (Å²) in [6, 6.07) is 1.68. The molecule has 1 rings (SSSR count). The Morgan fingerprint density at radius 1 is 1.40 bits per heavy atom. The van der Waals surface area contributed by atoms with Crippen LogP contribution in [0.15, 0.2) is 16.6 Å². The third-order valence-corrected chi connectivity index (χ3v) is 2.47. The van der Waals surface area contributed by atoms with E-state index >= 15 is 0 Å². The summed E-state index contributed by atoms with van der Waals surface area (Å²) in [5.74, 6) is 1.09. The van der Waals surface area contributed by atoms with Crippen LogP contribution in [0.3, 0.4) is 0 Å². The van der Waals surface area contributed by atoms with Gasteiger partial charge in [0.15, 0.2) is 0 Å². The number of benzene rings is 1. The Labute approximate surface area is 95.8 Å². The van der Waals surface area contributed by atoms with Crippen molar-refractivity contribution in [2.75, 3.05) is 0 Å². The van der Waals surface area contributed by atoms with E-state index in [1.54, 1.807) is 0 Å². The van der Waals surface area contributed by atoms with Gasteiger partial charge < -0.3 is 5.73 Å². The standard InChI is InChI=1S/C11H10BrF2N/c1-2-3-4-10(15)11-8(13)5-7(12)6-9(11)14/h1,5-6,10H,3-4,15H2. The van der Waals surface area contributed by atoms with Gasteiger partial charge >= 0.3 is 0 Å². The van der Waals surface area contributed by atoms with Crippen LogP contribution < -0.4 is 5.73 Å². The van der Waals surface area contributed by atoms with E-state index in [0.29, 0.717) is 17.3 Å². The Hall–Kier alpha value is -0.920. The lowest BCUT2D eigenvalue weighted by atomic mass is 10.0. The molecule has 1 atom stereocenters. The van der Waals surface area contributed by atoms with Gasteiger partial charge in [0.25, 0.3) is 0 Å². The molecule has 0 saturated heterocycles. The Morgan fingerprint density at radius 2 is 1.93 bits per heavy atom. The van der Waals surface area contributed by atoms with Crippen molar-refractivity contribution in [2.24, 2.45) is 5.73 Å². The first kappa shape index (κ1) is 12.2. The fourth-order valence-electron chi connectivity index (χ4n) is 1.29. The molecule has 0 aliphatic rings. The summed E-state index contributed by atoms with van der Waals surface area (Å²) in [6.07, 6.45) is 5.82. The van der Waals surface area contributed by atoms with E-state index in [0.717, 1.165) is 0 Å². The molecule has 1 aromatic carbocycles. The van der Waals surface area contributed by atoms with Crippen LogP contribution >= 0.6 is 15.9 Å². The Balaban J connectivity index is 2.99. The molecule has 1 unspecified atom stereocenters. The zero-order valence-corrected chi connectivity index (χ0v) is 9.52. The van der Waals surface area contributed by atoms with Gasteiger partial charge in [-0.3, -0.25) is 0 Å². The highest BCUT2D eigenvalue weighted by Gasteiger charge is 2.16. The van der Waals surface area contributed by atoms with Crippen LogP contribution in [-0.2, 0) is 0 Å². The van der Waals surface area contributed by atoms with Crippen molar-refractivity contribution >= 4 is 15.9 Å². The third kappa shape index (κ3) is 3.01. The highest BCUT2D eigenvalue weighted by Crippen LogP contribution is 2.25. The maximum atomic E-state index is 13.4. The first-order valence-electron chi connectivity index (χ1n) is 4.39. The van der Waals surface area contributed by atoms with Crippen LogP contribution in [0, 0.1) is 24.0 Å². The average molecular weight is 274 g/mol. The van der Waals surface area contributed by atoms with Gasteiger partial charge in [-0.15, -0.1) is 12.3 Å². The van der Waals surface area contributed by atoms with Crippen LogP contribution in [0.1, 0.15) is 24.4 Å². The first-order chi connectivity index (χ1) is 7.06. The number of halogens is 3. The van der Waals surface area contributed by atoms with Crippen molar-refractivity contribution in [1.29, 1.82) is 0 Å². The molecule has 0 fully saturated rings. The van der Waals surface area contributed by atoms with Crippen LogP contribution in [-0.4, -0.2) is 0 Å². The molecule has 0 radical (unpaired) electrons. The van der Waals surface area contributed by atoms with Crippen LogP contribution in [0.25, 0.3) is 0 Å². The normalized spacial score (nSPS) is 12.2. The molecule has 15 heavy (non-hydrogen) atoms. The van der Waals surface area contributed by atoms with Crippen molar-refractivity contribution in [2.45, 2.75) is 18.9 Å². The average Bonchev–Trinajstić information content (AvgIpc) is 2.12. The molecule has 1 aromatic rings. The first-order valence-corrected chi connectivity index (χ1v) is 5.19. The van der Waals surface area contributed by atoms with E-state index in [1.165, 1.54) is 12.1 Å². The minimum atomic E-state index is -0.700. The van der Waals surface area contributed by atoms with Gasteiger partial charge in [0.05, 0.1) is 0 Å². The largest absolute Gasteiger partial charge is 0.324 e. The van der Waals surface area contributed by atoms with Crippen molar-refractivity contribution < 1.29 is 8.78 Å². The van der Waals surface area contributed by atoms with Gasteiger partial charge in [0, 0.05) is 22.5 Å². The number of rotatable bonds is 3. The lowest BCUT2D eigenvalue weighted by Gasteiger charge is -2.12. The second kappa shape index (κ2) is 5.24. The number of hydrogen-bond donors (Lipinski definition) is 1. The van der Waals surface area contributed by atoms with Crippen LogP contribution in [0.4, 0.5) is 8.78 Å². The summed E-state index contributed by atoms with van der Waals surface area (Å²) in [5, 5.41) is 0. The SMILES string of the molecule is C#CCCC(N)c1c(F)cc(Br)cc1F. The predicted octanol–water partition coefficient (Wildman–Crippen LogP) is 3.14. The number of nitrogens with two attached hydrogens (primary N) is 1. The lowest BCUT2D eigenvalue weighted by molar-refractivity contribution is 0.514. The monoisotopic (exact) mass is 273 g/mol. The summed E-state index contributed by atoms with van der Waals surface area (Å²) in [5.41, 5.74) is 5.54. The fraction of sp³-hybridized carbons (Fsp3) is 0.273. The molecule has 4 heteroatoms. The van der Waals surface area contributed by atoms with E-state index in [9.17, 15) is 8.78 Å². The highest BCUT2D eigenvalue weighted by atomic mass is 79.9. The van der Waals surface area contributed by atoms with Gasteiger partial charge in [-0.1, -0.05) is 15.9 Å². The molecule has 0 amide bonds. The zero-order chi connectivity index (χ0) is 11.4. The summed E-state index contributed by atoms with van der Waals surface area (Å²) in [6.45, 7) is 0. The molecule has 0 spiro atoms. The molecule has 0 aliphatic heterocycles. The maximum Gasteiger partial charge on any atom is 0.132 e. The topological polar surface area (TPSA) is 26.0 Å². The third-order valence-electron chi connectivity index (χ3n) is 2.01. The maximum absolute atomic E-state index is 13.4. The van der Waals surface area contributed by atoms with E-state index in [1.807, 2.05) is 0 Å². The second-order valence-electron chi connectivity index (χ2n) is 3.13. The van der Waals surface area contributed by atoms with Gasteiger partial charge in [0.2, 0.25) is 0 Å². The predicted molar refractivity (Wildman–Crippen MR) is 59.1 cm³/mol. The highest BCUT2D eigenvalue weighted by molar-refractivity contribution is 9.10.